The van der Waals surface area contributed by atoms with E-state index < -0.39 is 0 Å². The van der Waals surface area contributed by atoms with Crippen molar-refractivity contribution in [2.45, 2.75) is 20.3 Å². The van der Waals surface area contributed by atoms with Crippen molar-refractivity contribution in [2.24, 2.45) is 0 Å². The van der Waals surface area contributed by atoms with Crippen LogP contribution in [-0.2, 0) is 11.2 Å². The van der Waals surface area contributed by atoms with Gasteiger partial charge in [-0.1, -0.05) is 18.2 Å². The number of carboxylic acid groups (broad SMARTS) is 1. The molecular formula is C26H30N6O2. The van der Waals surface area contributed by atoms with Gasteiger partial charge in [0.15, 0.2) is 5.82 Å². The van der Waals surface area contributed by atoms with E-state index in [4.69, 9.17) is 14.9 Å². The van der Waals surface area contributed by atoms with Crippen molar-refractivity contribution in [3.63, 3.8) is 0 Å². The van der Waals surface area contributed by atoms with Gasteiger partial charge in [-0.15, -0.1) is 0 Å². The van der Waals surface area contributed by atoms with Crippen LogP contribution >= 0.6 is 0 Å². The number of nitrogens with one attached hydrogen (secondary N) is 1. The number of nitrogens with zero attached hydrogens (tertiary/aromatic N) is 5. The van der Waals surface area contributed by atoms with E-state index in [0.29, 0.717) is 0 Å². The van der Waals surface area contributed by atoms with Gasteiger partial charge in [-0.3, -0.25) is 9.89 Å². The van der Waals surface area contributed by atoms with E-state index >= 15 is 0 Å². The van der Waals surface area contributed by atoms with Crippen LogP contribution in [0, 0.1) is 13.8 Å². The molecule has 0 bridgehead atoms. The highest BCUT2D eigenvalue weighted by atomic mass is 16.3. The van der Waals surface area contributed by atoms with Gasteiger partial charge in [-0.05, 0) is 62.4 Å². The Hall–Kier alpha value is -3.78. The van der Waals surface area contributed by atoms with Crippen molar-refractivity contribution < 1.29 is 9.90 Å². The van der Waals surface area contributed by atoms with E-state index in [0.717, 1.165) is 61.0 Å². The summed E-state index contributed by atoms with van der Waals surface area (Å²) in [5.74, 6) is 1.66. The molecule has 34 heavy (non-hydrogen) atoms. The number of aromatic nitrogens is 4. The number of aromatic amines is 1. The molecule has 0 unspecified atom stereocenters. The van der Waals surface area contributed by atoms with Crippen molar-refractivity contribution in [3.05, 3.63) is 71.3 Å². The second-order valence-corrected chi connectivity index (χ2v) is 8.63. The van der Waals surface area contributed by atoms with Gasteiger partial charge in [0.1, 0.15) is 5.82 Å². The fraction of sp³-hybridized carbons (Fsp3) is 0.308. The van der Waals surface area contributed by atoms with Gasteiger partial charge in [0.25, 0.3) is 6.47 Å². The fourth-order valence-corrected chi connectivity index (χ4v) is 4.26. The number of benzene rings is 2. The molecule has 1 saturated heterocycles. The summed E-state index contributed by atoms with van der Waals surface area (Å²) in [5, 5.41) is 15.2. The first-order valence-electron chi connectivity index (χ1n) is 11.4. The summed E-state index contributed by atoms with van der Waals surface area (Å²) in [6.07, 6.45) is 0.717. The number of likely N-dealkylation sites (N-methyl/N-ethyl adjacent to an activating group) is 1. The van der Waals surface area contributed by atoms with Gasteiger partial charge in [0.05, 0.1) is 11.2 Å². The average Bonchev–Trinajstić information content (AvgIpc) is 3.25. The Morgan fingerprint density at radius 2 is 1.71 bits per heavy atom. The zero-order valence-corrected chi connectivity index (χ0v) is 19.8. The van der Waals surface area contributed by atoms with Crippen molar-refractivity contribution in [2.75, 3.05) is 38.1 Å². The fourth-order valence-electron chi connectivity index (χ4n) is 4.26. The van der Waals surface area contributed by atoms with Crippen molar-refractivity contribution >= 4 is 23.1 Å². The number of hydrogen-bond acceptors (Lipinski definition) is 6. The Morgan fingerprint density at radius 3 is 2.35 bits per heavy atom. The monoisotopic (exact) mass is 458 g/mol. The molecule has 1 aliphatic rings. The van der Waals surface area contributed by atoms with E-state index in [9.17, 15) is 0 Å². The number of hydrogen-bond donors (Lipinski definition) is 2. The topological polar surface area (TPSA) is 98.2 Å². The minimum atomic E-state index is -0.250. The highest BCUT2D eigenvalue weighted by molar-refractivity contribution is 5.85. The van der Waals surface area contributed by atoms with Crippen LogP contribution in [0.15, 0.2) is 48.5 Å². The number of H-pyrrole nitrogens is 1. The Kier molecular flexibility index (Phi) is 7.18. The molecule has 2 N–H and O–H groups in total. The third-order valence-corrected chi connectivity index (χ3v) is 6.12. The normalized spacial score (nSPS) is 14.0. The molecule has 2 aromatic heterocycles. The number of piperazine rings is 1. The summed E-state index contributed by atoms with van der Waals surface area (Å²) in [4.78, 5) is 22.6. The molecule has 0 spiro atoms. The zero-order valence-electron chi connectivity index (χ0n) is 19.8. The van der Waals surface area contributed by atoms with Gasteiger partial charge in [-0.2, -0.15) is 5.10 Å². The summed E-state index contributed by atoms with van der Waals surface area (Å²) in [5.41, 5.74) is 6.92. The number of rotatable bonds is 4. The maximum atomic E-state index is 8.36. The quantitative estimate of drug-likeness (QED) is 0.450. The summed E-state index contributed by atoms with van der Waals surface area (Å²) >= 11 is 0. The van der Waals surface area contributed by atoms with Gasteiger partial charge >= 0.3 is 0 Å². The number of fused-ring (bicyclic) bond motifs is 1. The van der Waals surface area contributed by atoms with Gasteiger partial charge in [0.2, 0.25) is 0 Å². The molecule has 4 aromatic rings. The van der Waals surface area contributed by atoms with E-state index in [-0.39, 0.29) is 6.47 Å². The maximum Gasteiger partial charge on any atom is 0.290 e. The van der Waals surface area contributed by atoms with Crippen LogP contribution in [0.25, 0.3) is 22.2 Å². The third kappa shape index (κ3) is 5.40. The van der Waals surface area contributed by atoms with Crippen LogP contribution in [0.4, 0.5) is 5.69 Å². The minimum Gasteiger partial charge on any atom is -0.483 e. The molecule has 5 rings (SSSR count). The van der Waals surface area contributed by atoms with E-state index in [2.05, 4.69) is 87.5 Å². The van der Waals surface area contributed by atoms with Gasteiger partial charge in [0, 0.05) is 49.2 Å². The summed E-state index contributed by atoms with van der Waals surface area (Å²) in [6.45, 7) is 8.23. The van der Waals surface area contributed by atoms with Crippen LogP contribution in [0.5, 0.6) is 0 Å². The SMILES string of the molecule is Cc1nc(Cc2ccc3nc(-c4ccc(N5CCN(C)CC5)cc4)cc(C)c3c2)n[nH]1.O=CO. The maximum absolute atomic E-state index is 8.36. The van der Waals surface area contributed by atoms with E-state index in [1.165, 1.54) is 22.2 Å². The standard InChI is InChI=1S/C25H28N6.CH2O2/c1-17-14-24(20-5-7-21(8-6-20)31-12-10-30(3)11-13-31)27-23-9-4-19(15-22(17)23)16-25-26-18(2)28-29-25;2-1-3/h4-9,14-15H,10-13,16H2,1-3H3,(H,26,28,29);1H,(H,2,3). The molecule has 8 heteroatoms. The lowest BCUT2D eigenvalue weighted by molar-refractivity contribution is -0.122. The molecule has 0 saturated carbocycles. The first-order valence-corrected chi connectivity index (χ1v) is 11.4. The minimum absolute atomic E-state index is 0.250. The van der Waals surface area contributed by atoms with Crippen LogP contribution in [0.2, 0.25) is 0 Å². The average molecular weight is 459 g/mol. The highest BCUT2D eigenvalue weighted by Gasteiger charge is 2.14. The van der Waals surface area contributed by atoms with Crippen molar-refractivity contribution in [3.8, 4) is 11.3 Å². The molecule has 0 amide bonds. The highest BCUT2D eigenvalue weighted by Crippen LogP contribution is 2.27. The first kappa shape index (κ1) is 23.4. The lowest BCUT2D eigenvalue weighted by atomic mass is 10.0. The molecule has 2 aromatic carbocycles. The molecule has 1 aliphatic heterocycles. The number of aryl methyl sites for hydroxylation is 2. The second-order valence-electron chi connectivity index (χ2n) is 8.63. The third-order valence-electron chi connectivity index (χ3n) is 6.12. The summed E-state index contributed by atoms with van der Waals surface area (Å²) < 4.78 is 0. The van der Waals surface area contributed by atoms with Crippen LogP contribution in [0.1, 0.15) is 22.8 Å². The van der Waals surface area contributed by atoms with Crippen LogP contribution in [0.3, 0.4) is 0 Å². The Labute approximate surface area is 199 Å². The lowest BCUT2D eigenvalue weighted by Gasteiger charge is -2.34. The molecule has 0 atom stereocenters. The summed E-state index contributed by atoms with van der Waals surface area (Å²) in [7, 11) is 2.19. The molecule has 1 fully saturated rings. The molecule has 176 valence electrons. The largest absolute Gasteiger partial charge is 0.483 e. The molecule has 0 aliphatic carbocycles. The lowest BCUT2D eigenvalue weighted by Crippen LogP contribution is -2.44. The van der Waals surface area contributed by atoms with E-state index in [1.807, 2.05) is 6.92 Å². The Bertz CT molecular complexity index is 1260. The van der Waals surface area contributed by atoms with E-state index in [1.54, 1.807) is 0 Å². The van der Waals surface area contributed by atoms with Crippen molar-refractivity contribution in [1.82, 2.24) is 25.1 Å². The predicted molar refractivity (Wildman–Crippen MR) is 134 cm³/mol. The summed E-state index contributed by atoms with van der Waals surface area (Å²) in [6, 6.07) is 17.5. The van der Waals surface area contributed by atoms with Gasteiger partial charge < -0.3 is 14.9 Å². The molecule has 8 nitrogen and oxygen atoms in total. The Balaban J connectivity index is 0.000000868. The number of pyridine rings is 1. The number of anilines is 1. The molecule has 0 radical (unpaired) electrons. The molecule has 3 heterocycles. The Morgan fingerprint density at radius 1 is 1.00 bits per heavy atom. The second kappa shape index (κ2) is 10.4. The smallest absolute Gasteiger partial charge is 0.290 e. The molecular weight excluding hydrogens is 428 g/mol. The van der Waals surface area contributed by atoms with Gasteiger partial charge in [-0.25, -0.2) is 9.97 Å². The van der Waals surface area contributed by atoms with Crippen LogP contribution in [-0.4, -0.2) is 69.9 Å². The number of carbonyl (C=O) groups is 1. The first-order chi connectivity index (χ1) is 16.5. The predicted octanol–water partition coefficient (Wildman–Crippen LogP) is 3.68. The van der Waals surface area contributed by atoms with Crippen LogP contribution < -0.4 is 4.90 Å². The zero-order chi connectivity index (χ0) is 24.1. The van der Waals surface area contributed by atoms with Crippen molar-refractivity contribution in [1.29, 1.82) is 0 Å².